The van der Waals surface area contributed by atoms with Gasteiger partial charge in [-0.3, -0.25) is 4.98 Å². The molecule has 0 atom stereocenters. The Labute approximate surface area is 124 Å². The first kappa shape index (κ1) is 13.3. The number of pyridine rings is 1. The molecule has 0 radical (unpaired) electrons. The lowest BCUT2D eigenvalue weighted by atomic mass is 10.1. The van der Waals surface area contributed by atoms with E-state index in [2.05, 4.69) is 20.1 Å². The van der Waals surface area contributed by atoms with Crippen LogP contribution in [0.15, 0.2) is 64.1 Å². The lowest BCUT2D eigenvalue weighted by Crippen LogP contribution is -2.15. The van der Waals surface area contributed by atoms with Crippen molar-refractivity contribution in [2.45, 2.75) is 10.1 Å². The predicted molar refractivity (Wildman–Crippen MR) is 80.4 cm³/mol. The number of oxime groups is 1. The molecule has 21 heavy (non-hydrogen) atoms. The molecule has 7 heteroatoms. The summed E-state index contributed by atoms with van der Waals surface area (Å²) in [6, 6.07) is 9.50. The highest BCUT2D eigenvalue weighted by Crippen LogP contribution is 2.29. The van der Waals surface area contributed by atoms with Crippen molar-refractivity contribution >= 4 is 28.5 Å². The average molecular weight is 297 g/mol. The van der Waals surface area contributed by atoms with Gasteiger partial charge in [0.15, 0.2) is 5.84 Å². The second-order valence-corrected chi connectivity index (χ2v) is 5.17. The van der Waals surface area contributed by atoms with Crippen LogP contribution < -0.4 is 5.73 Å². The smallest absolute Gasteiger partial charge is 0.172 e. The predicted octanol–water partition coefficient (Wildman–Crippen LogP) is 2.27. The summed E-state index contributed by atoms with van der Waals surface area (Å²) in [6.45, 7) is 0. The summed E-state index contributed by atoms with van der Waals surface area (Å²) in [5.74, 6) is 0.0136. The van der Waals surface area contributed by atoms with Gasteiger partial charge in [0.2, 0.25) is 0 Å². The maximum atomic E-state index is 8.95. The van der Waals surface area contributed by atoms with Crippen LogP contribution in [0.1, 0.15) is 5.56 Å². The molecule has 0 bridgehead atoms. The molecule has 0 fully saturated rings. The second-order valence-electron chi connectivity index (χ2n) is 4.16. The Kier molecular flexibility index (Phi) is 3.65. The molecular formula is C14H11N5OS. The normalized spacial score (nSPS) is 11.7. The first-order chi connectivity index (χ1) is 10.3. The highest BCUT2D eigenvalue weighted by Gasteiger charge is 2.13. The summed E-state index contributed by atoms with van der Waals surface area (Å²) in [6.07, 6.45) is 4.84. The monoisotopic (exact) mass is 297 g/mol. The number of para-hydroxylation sites is 1. The first-order valence-corrected chi connectivity index (χ1v) is 6.91. The third kappa shape index (κ3) is 2.77. The largest absolute Gasteiger partial charge is 0.409 e. The maximum absolute atomic E-state index is 8.95. The Morgan fingerprint density at radius 1 is 1.24 bits per heavy atom. The average Bonchev–Trinajstić information content (AvgIpc) is 2.54. The molecule has 3 rings (SSSR count). The van der Waals surface area contributed by atoms with Crippen molar-refractivity contribution < 1.29 is 5.21 Å². The third-order valence-corrected chi connectivity index (χ3v) is 3.74. The number of rotatable bonds is 3. The van der Waals surface area contributed by atoms with Crippen molar-refractivity contribution in [1.82, 2.24) is 15.0 Å². The van der Waals surface area contributed by atoms with Gasteiger partial charge in [-0.1, -0.05) is 23.4 Å². The van der Waals surface area contributed by atoms with Gasteiger partial charge in [0.25, 0.3) is 0 Å². The van der Waals surface area contributed by atoms with E-state index in [1.807, 2.05) is 30.3 Å². The number of nitrogens with two attached hydrogens (primary N) is 1. The summed E-state index contributed by atoms with van der Waals surface area (Å²) in [4.78, 5) is 12.8. The molecule has 1 aromatic carbocycles. The Morgan fingerprint density at radius 2 is 2.10 bits per heavy atom. The van der Waals surface area contributed by atoms with Crippen molar-refractivity contribution in [2.24, 2.45) is 10.9 Å². The quantitative estimate of drug-likeness (QED) is 0.333. The van der Waals surface area contributed by atoms with Crippen molar-refractivity contribution in [3.63, 3.8) is 0 Å². The number of nitrogens with zero attached hydrogens (tertiary/aromatic N) is 4. The zero-order valence-corrected chi connectivity index (χ0v) is 11.7. The molecule has 2 heterocycles. The number of amidine groups is 1. The van der Waals surface area contributed by atoms with Crippen LogP contribution in [0.3, 0.4) is 0 Å². The van der Waals surface area contributed by atoms with E-state index in [0.717, 1.165) is 10.9 Å². The molecule has 0 spiro atoms. The van der Waals surface area contributed by atoms with Gasteiger partial charge in [-0.15, -0.1) is 0 Å². The summed E-state index contributed by atoms with van der Waals surface area (Å²) in [5, 5.41) is 14.2. The molecule has 0 amide bonds. The molecule has 0 saturated heterocycles. The Balaban J connectivity index is 2.14. The number of fused-ring (bicyclic) bond motifs is 1. The van der Waals surface area contributed by atoms with Crippen LogP contribution in [0.4, 0.5) is 0 Å². The highest BCUT2D eigenvalue weighted by molar-refractivity contribution is 7.99. The van der Waals surface area contributed by atoms with Crippen molar-refractivity contribution in [2.75, 3.05) is 0 Å². The van der Waals surface area contributed by atoms with Gasteiger partial charge in [-0.2, -0.15) is 0 Å². The van der Waals surface area contributed by atoms with Crippen LogP contribution >= 0.6 is 11.8 Å². The highest BCUT2D eigenvalue weighted by atomic mass is 32.2. The van der Waals surface area contributed by atoms with Crippen molar-refractivity contribution in [3.8, 4) is 0 Å². The van der Waals surface area contributed by atoms with Gasteiger partial charge >= 0.3 is 0 Å². The third-order valence-electron chi connectivity index (χ3n) is 2.81. The zero-order valence-electron chi connectivity index (χ0n) is 10.8. The fraction of sp³-hybridized carbons (Fsp3) is 0. The number of hydrogen-bond donors (Lipinski definition) is 2. The van der Waals surface area contributed by atoms with Gasteiger partial charge in [0.05, 0.1) is 17.3 Å². The van der Waals surface area contributed by atoms with E-state index < -0.39 is 0 Å². The summed E-state index contributed by atoms with van der Waals surface area (Å²) < 4.78 is 0. The van der Waals surface area contributed by atoms with Crippen LogP contribution in [0.25, 0.3) is 10.9 Å². The van der Waals surface area contributed by atoms with Gasteiger partial charge in [0.1, 0.15) is 10.1 Å². The minimum atomic E-state index is 0.0136. The summed E-state index contributed by atoms with van der Waals surface area (Å²) in [7, 11) is 0. The Bertz CT molecular complexity index is 807. The fourth-order valence-electron chi connectivity index (χ4n) is 1.85. The number of aromatic nitrogens is 3. The van der Waals surface area contributed by atoms with Crippen molar-refractivity contribution in [3.05, 3.63) is 54.5 Å². The lowest BCUT2D eigenvalue weighted by Gasteiger charge is -2.08. The van der Waals surface area contributed by atoms with E-state index in [1.54, 1.807) is 18.6 Å². The Morgan fingerprint density at radius 3 is 2.86 bits per heavy atom. The molecule has 0 aliphatic heterocycles. The van der Waals surface area contributed by atoms with E-state index in [1.165, 1.54) is 11.8 Å². The minimum Gasteiger partial charge on any atom is -0.409 e. The zero-order chi connectivity index (χ0) is 14.7. The summed E-state index contributed by atoms with van der Waals surface area (Å²) >= 11 is 1.32. The van der Waals surface area contributed by atoms with Gasteiger partial charge in [0, 0.05) is 17.8 Å². The Hall–Kier alpha value is -2.67. The van der Waals surface area contributed by atoms with Crippen molar-refractivity contribution in [1.29, 1.82) is 0 Å². The van der Waals surface area contributed by atoms with E-state index >= 15 is 0 Å². The van der Waals surface area contributed by atoms with E-state index in [4.69, 9.17) is 10.9 Å². The van der Waals surface area contributed by atoms with Crippen LogP contribution in [0, 0.1) is 0 Å². The number of hydrogen-bond acceptors (Lipinski definition) is 6. The fourth-order valence-corrected chi connectivity index (χ4v) is 2.69. The SMILES string of the molecule is NC(=NO)c1cc2ccccc2nc1Sc1cnccn1. The molecular weight excluding hydrogens is 286 g/mol. The van der Waals surface area contributed by atoms with Gasteiger partial charge < -0.3 is 10.9 Å². The molecule has 6 nitrogen and oxygen atoms in total. The molecule has 0 saturated carbocycles. The van der Waals surface area contributed by atoms with E-state index in [9.17, 15) is 0 Å². The molecule has 104 valence electrons. The maximum Gasteiger partial charge on any atom is 0.172 e. The van der Waals surface area contributed by atoms with Crippen LogP contribution in [-0.2, 0) is 0 Å². The van der Waals surface area contributed by atoms with Crippen LogP contribution in [0.2, 0.25) is 0 Å². The number of benzene rings is 1. The first-order valence-electron chi connectivity index (χ1n) is 6.09. The van der Waals surface area contributed by atoms with Gasteiger partial charge in [-0.05, 0) is 23.9 Å². The topological polar surface area (TPSA) is 97.3 Å². The molecule has 3 N–H and O–H groups in total. The standard InChI is InChI=1S/C14H11N5OS/c15-13(19-20)10-7-9-3-1-2-4-11(9)18-14(10)21-12-8-16-5-6-17-12/h1-8,20H,(H2,15,19). The van der Waals surface area contributed by atoms with E-state index in [-0.39, 0.29) is 5.84 Å². The van der Waals surface area contributed by atoms with Gasteiger partial charge in [-0.25, -0.2) is 9.97 Å². The second kappa shape index (κ2) is 5.76. The molecule has 2 aromatic heterocycles. The molecule has 0 aliphatic carbocycles. The lowest BCUT2D eigenvalue weighted by molar-refractivity contribution is 0.318. The van der Waals surface area contributed by atoms with Crippen LogP contribution in [0.5, 0.6) is 0 Å². The van der Waals surface area contributed by atoms with E-state index in [0.29, 0.717) is 15.6 Å². The van der Waals surface area contributed by atoms with Crippen LogP contribution in [-0.4, -0.2) is 26.0 Å². The minimum absolute atomic E-state index is 0.0136. The molecule has 0 aliphatic rings. The summed E-state index contributed by atoms with van der Waals surface area (Å²) in [5.41, 5.74) is 7.14. The molecule has 0 unspecified atom stereocenters. The molecule has 3 aromatic rings.